The van der Waals surface area contributed by atoms with Crippen LogP contribution in [-0.4, -0.2) is 42.9 Å². The number of likely N-dealkylation sites (tertiary alicyclic amines) is 1. The van der Waals surface area contributed by atoms with Gasteiger partial charge < -0.3 is 16.0 Å². The molecule has 1 fully saturated rings. The van der Waals surface area contributed by atoms with Gasteiger partial charge in [-0.1, -0.05) is 13.3 Å². The van der Waals surface area contributed by atoms with Crippen molar-refractivity contribution < 1.29 is 9.59 Å². The fourth-order valence-electron chi connectivity index (χ4n) is 2.15. The van der Waals surface area contributed by atoms with Crippen molar-refractivity contribution in [3.8, 4) is 0 Å². The number of nitrogens with one attached hydrogen (secondary N) is 1. The molecule has 1 rings (SSSR count). The Balaban J connectivity index is 2.42. The summed E-state index contributed by atoms with van der Waals surface area (Å²) in [5.41, 5.74) is 5.59. The van der Waals surface area contributed by atoms with Gasteiger partial charge in [-0.05, 0) is 12.8 Å². The molecule has 1 heterocycles. The third-order valence-corrected chi connectivity index (χ3v) is 3.27. The van der Waals surface area contributed by atoms with E-state index in [-0.39, 0.29) is 23.8 Å². The summed E-state index contributed by atoms with van der Waals surface area (Å²) in [7, 11) is 1.77. The molecule has 0 aromatic carbocycles. The molecule has 17 heavy (non-hydrogen) atoms. The molecule has 3 N–H and O–H groups in total. The van der Waals surface area contributed by atoms with Crippen LogP contribution in [0, 0.1) is 5.92 Å². The van der Waals surface area contributed by atoms with Crippen molar-refractivity contribution in [3.05, 3.63) is 0 Å². The minimum Gasteiger partial charge on any atom is -0.351 e. The van der Waals surface area contributed by atoms with Gasteiger partial charge in [0.2, 0.25) is 11.8 Å². The van der Waals surface area contributed by atoms with E-state index in [1.165, 1.54) is 0 Å². The van der Waals surface area contributed by atoms with Crippen molar-refractivity contribution in [1.82, 2.24) is 10.2 Å². The summed E-state index contributed by atoms with van der Waals surface area (Å²) in [5.74, 6) is 0.0875. The standard InChI is InChI=1S/C12H23N3O2/c1-3-4-9(7-13)12(17)14-10-5-6-11(16)15(2)8-10/h9-10H,3-8,13H2,1-2H3,(H,14,17). The topological polar surface area (TPSA) is 75.4 Å². The van der Waals surface area contributed by atoms with Gasteiger partial charge in [0.1, 0.15) is 0 Å². The predicted octanol–water partition coefficient (Wildman–Crippen LogP) is 0.0984. The van der Waals surface area contributed by atoms with Crippen molar-refractivity contribution in [3.63, 3.8) is 0 Å². The van der Waals surface area contributed by atoms with E-state index in [1.807, 2.05) is 6.92 Å². The Hall–Kier alpha value is -1.10. The number of hydrogen-bond acceptors (Lipinski definition) is 3. The lowest BCUT2D eigenvalue weighted by Gasteiger charge is -2.31. The van der Waals surface area contributed by atoms with E-state index in [2.05, 4.69) is 5.32 Å². The number of nitrogens with two attached hydrogens (primary N) is 1. The molecule has 2 unspecified atom stereocenters. The quantitative estimate of drug-likeness (QED) is 0.716. The molecule has 5 heteroatoms. The van der Waals surface area contributed by atoms with E-state index in [1.54, 1.807) is 11.9 Å². The molecule has 5 nitrogen and oxygen atoms in total. The largest absolute Gasteiger partial charge is 0.351 e. The fraction of sp³-hybridized carbons (Fsp3) is 0.833. The number of piperidine rings is 1. The zero-order valence-electron chi connectivity index (χ0n) is 10.7. The summed E-state index contributed by atoms with van der Waals surface area (Å²) in [6.45, 7) is 3.04. The Kier molecular flexibility index (Phi) is 5.41. The van der Waals surface area contributed by atoms with E-state index in [0.29, 0.717) is 19.5 Å². The number of carbonyl (C=O) groups excluding carboxylic acids is 2. The highest BCUT2D eigenvalue weighted by atomic mass is 16.2. The monoisotopic (exact) mass is 241 g/mol. The molecule has 0 aliphatic carbocycles. The molecule has 0 aromatic rings. The molecule has 0 spiro atoms. The van der Waals surface area contributed by atoms with E-state index in [0.717, 1.165) is 19.3 Å². The van der Waals surface area contributed by atoms with Gasteiger partial charge in [-0.15, -0.1) is 0 Å². The molecule has 0 saturated carbocycles. The maximum Gasteiger partial charge on any atom is 0.224 e. The highest BCUT2D eigenvalue weighted by Crippen LogP contribution is 2.11. The first-order valence-electron chi connectivity index (χ1n) is 6.32. The van der Waals surface area contributed by atoms with Crippen LogP contribution in [0.5, 0.6) is 0 Å². The van der Waals surface area contributed by atoms with Gasteiger partial charge in [-0.25, -0.2) is 0 Å². The number of likely N-dealkylation sites (N-methyl/N-ethyl adjacent to an activating group) is 1. The Bertz CT molecular complexity index is 281. The molecular weight excluding hydrogens is 218 g/mol. The van der Waals surface area contributed by atoms with Crippen LogP contribution in [0.25, 0.3) is 0 Å². The summed E-state index contributed by atoms with van der Waals surface area (Å²) in [6, 6.07) is 0.0797. The van der Waals surface area contributed by atoms with Crippen molar-refractivity contribution in [2.24, 2.45) is 11.7 Å². The van der Waals surface area contributed by atoms with Crippen LogP contribution in [0.1, 0.15) is 32.6 Å². The van der Waals surface area contributed by atoms with Crippen LogP contribution in [0.3, 0.4) is 0 Å². The number of rotatable bonds is 5. The Morgan fingerprint density at radius 2 is 2.35 bits per heavy atom. The van der Waals surface area contributed by atoms with E-state index < -0.39 is 0 Å². The molecule has 1 aliphatic heterocycles. The van der Waals surface area contributed by atoms with Crippen molar-refractivity contribution in [2.45, 2.75) is 38.6 Å². The lowest BCUT2D eigenvalue weighted by molar-refractivity contribution is -0.134. The maximum absolute atomic E-state index is 11.9. The van der Waals surface area contributed by atoms with Crippen LogP contribution in [0.4, 0.5) is 0 Å². The van der Waals surface area contributed by atoms with Crippen LogP contribution in [-0.2, 0) is 9.59 Å². The average Bonchev–Trinajstić information content (AvgIpc) is 2.30. The van der Waals surface area contributed by atoms with Crippen molar-refractivity contribution in [2.75, 3.05) is 20.1 Å². The zero-order chi connectivity index (χ0) is 12.8. The molecule has 0 bridgehead atoms. The summed E-state index contributed by atoms with van der Waals surface area (Å²) < 4.78 is 0. The van der Waals surface area contributed by atoms with Gasteiger partial charge in [0, 0.05) is 32.6 Å². The number of carbonyl (C=O) groups is 2. The van der Waals surface area contributed by atoms with Gasteiger partial charge in [-0.2, -0.15) is 0 Å². The van der Waals surface area contributed by atoms with E-state index in [9.17, 15) is 9.59 Å². The number of nitrogens with zero attached hydrogens (tertiary/aromatic N) is 1. The van der Waals surface area contributed by atoms with E-state index >= 15 is 0 Å². The summed E-state index contributed by atoms with van der Waals surface area (Å²) >= 11 is 0. The zero-order valence-corrected chi connectivity index (χ0v) is 10.7. The summed E-state index contributed by atoms with van der Waals surface area (Å²) in [6.07, 6.45) is 3.03. The molecule has 98 valence electrons. The molecule has 0 aromatic heterocycles. The van der Waals surface area contributed by atoms with Crippen molar-refractivity contribution >= 4 is 11.8 Å². The lowest BCUT2D eigenvalue weighted by atomic mass is 10.0. The van der Waals surface area contributed by atoms with Crippen LogP contribution < -0.4 is 11.1 Å². The first-order valence-corrected chi connectivity index (χ1v) is 6.32. The molecule has 1 aliphatic rings. The van der Waals surface area contributed by atoms with Gasteiger partial charge in [0.25, 0.3) is 0 Å². The van der Waals surface area contributed by atoms with Gasteiger partial charge in [-0.3, -0.25) is 9.59 Å². The summed E-state index contributed by atoms with van der Waals surface area (Å²) in [5, 5.41) is 2.99. The highest BCUT2D eigenvalue weighted by Gasteiger charge is 2.26. The predicted molar refractivity (Wildman–Crippen MR) is 66.3 cm³/mol. The van der Waals surface area contributed by atoms with Crippen molar-refractivity contribution in [1.29, 1.82) is 0 Å². The lowest BCUT2D eigenvalue weighted by Crippen LogP contribution is -2.50. The van der Waals surface area contributed by atoms with Gasteiger partial charge >= 0.3 is 0 Å². The summed E-state index contributed by atoms with van der Waals surface area (Å²) in [4.78, 5) is 24.9. The minimum absolute atomic E-state index is 0.0297. The molecule has 0 radical (unpaired) electrons. The van der Waals surface area contributed by atoms with Crippen LogP contribution >= 0.6 is 0 Å². The van der Waals surface area contributed by atoms with Gasteiger partial charge in [0.05, 0.1) is 5.92 Å². The van der Waals surface area contributed by atoms with E-state index in [4.69, 9.17) is 5.73 Å². The molecule has 2 amide bonds. The second-order valence-corrected chi connectivity index (χ2v) is 4.74. The third kappa shape index (κ3) is 4.00. The minimum atomic E-state index is -0.0945. The second kappa shape index (κ2) is 6.59. The Morgan fingerprint density at radius 1 is 1.65 bits per heavy atom. The number of hydrogen-bond donors (Lipinski definition) is 2. The van der Waals surface area contributed by atoms with Crippen LogP contribution in [0.2, 0.25) is 0 Å². The SMILES string of the molecule is CCCC(CN)C(=O)NC1CCC(=O)N(C)C1. The first-order chi connectivity index (χ1) is 8.08. The normalized spacial score (nSPS) is 22.4. The maximum atomic E-state index is 11.9. The number of amides is 2. The molecular formula is C12H23N3O2. The third-order valence-electron chi connectivity index (χ3n) is 3.27. The smallest absolute Gasteiger partial charge is 0.224 e. The Labute approximate surface area is 103 Å². The first kappa shape index (κ1) is 14.0. The Morgan fingerprint density at radius 3 is 2.88 bits per heavy atom. The fourth-order valence-corrected chi connectivity index (χ4v) is 2.15. The average molecular weight is 241 g/mol. The van der Waals surface area contributed by atoms with Crippen LogP contribution in [0.15, 0.2) is 0 Å². The highest BCUT2D eigenvalue weighted by molar-refractivity contribution is 5.80. The second-order valence-electron chi connectivity index (χ2n) is 4.74. The molecule has 1 saturated heterocycles. The molecule has 2 atom stereocenters. The van der Waals surface area contributed by atoms with Gasteiger partial charge in [0.15, 0.2) is 0 Å².